The van der Waals surface area contributed by atoms with Gasteiger partial charge in [0.05, 0.1) is 11.9 Å². The zero-order valence-corrected chi connectivity index (χ0v) is 12.2. The third kappa shape index (κ3) is 5.59. The maximum atomic E-state index is 11.3. The maximum Gasteiger partial charge on any atom is 0.151 e. The Morgan fingerprint density at radius 3 is 2.47 bits per heavy atom. The van der Waals surface area contributed by atoms with E-state index in [0.29, 0.717) is 17.7 Å². The van der Waals surface area contributed by atoms with Gasteiger partial charge >= 0.3 is 0 Å². The molecule has 0 saturated heterocycles. The van der Waals surface area contributed by atoms with Crippen molar-refractivity contribution in [2.24, 2.45) is 0 Å². The number of benzene rings is 1. The summed E-state index contributed by atoms with van der Waals surface area (Å²) in [5.74, 6) is -0.310. The number of hydrogen-bond donors (Lipinski definition) is 3. The minimum atomic E-state index is -3.23. The van der Waals surface area contributed by atoms with Crippen molar-refractivity contribution < 1.29 is 18.6 Å². The van der Waals surface area contributed by atoms with Crippen molar-refractivity contribution in [3.05, 3.63) is 29.3 Å². The maximum absolute atomic E-state index is 11.3. The Hall–Kier alpha value is -1.11. The summed E-state index contributed by atoms with van der Waals surface area (Å²) in [5, 5.41) is 22.7. The molecular formula is C13H21NO4S. The third-order valence-corrected chi connectivity index (χ3v) is 3.46. The Labute approximate surface area is 114 Å². The van der Waals surface area contributed by atoms with Gasteiger partial charge < -0.3 is 15.5 Å². The molecule has 0 saturated carbocycles. The zero-order valence-electron chi connectivity index (χ0n) is 11.4. The number of rotatable bonds is 6. The van der Waals surface area contributed by atoms with E-state index in [9.17, 15) is 18.6 Å². The molecule has 0 bridgehead atoms. The van der Waals surface area contributed by atoms with Crippen LogP contribution in [0, 0.1) is 0 Å². The molecule has 19 heavy (non-hydrogen) atoms. The lowest BCUT2D eigenvalue weighted by Crippen LogP contribution is -2.27. The number of aromatic hydroxyl groups is 1. The van der Waals surface area contributed by atoms with Crippen LogP contribution in [0.4, 0.5) is 0 Å². The highest BCUT2D eigenvalue weighted by Gasteiger charge is 2.14. The highest BCUT2D eigenvalue weighted by Crippen LogP contribution is 2.24. The van der Waals surface area contributed by atoms with Crippen molar-refractivity contribution in [1.29, 1.82) is 0 Å². The molecule has 1 aromatic carbocycles. The molecule has 0 radical (unpaired) electrons. The Kier molecular flexibility index (Phi) is 5.34. The first kappa shape index (κ1) is 15.9. The quantitative estimate of drug-likeness (QED) is 0.726. The van der Waals surface area contributed by atoms with Gasteiger partial charge in [-0.2, -0.15) is 0 Å². The van der Waals surface area contributed by atoms with Crippen LogP contribution < -0.4 is 5.32 Å². The van der Waals surface area contributed by atoms with Crippen molar-refractivity contribution in [3.8, 4) is 5.75 Å². The first-order valence-electron chi connectivity index (χ1n) is 6.10. The summed E-state index contributed by atoms with van der Waals surface area (Å²) in [6.45, 7) is 4.32. The highest BCUT2D eigenvalue weighted by molar-refractivity contribution is 7.89. The molecule has 1 rings (SSSR count). The fraction of sp³-hybridized carbons (Fsp3) is 0.538. The van der Waals surface area contributed by atoms with E-state index in [-0.39, 0.29) is 17.5 Å². The van der Waals surface area contributed by atoms with E-state index in [2.05, 4.69) is 5.32 Å². The molecule has 6 heteroatoms. The van der Waals surface area contributed by atoms with Gasteiger partial charge in [-0.15, -0.1) is 0 Å². The molecule has 0 aliphatic carbocycles. The molecule has 0 aromatic heterocycles. The molecule has 1 unspecified atom stereocenters. The molecule has 3 N–H and O–H groups in total. The smallest absolute Gasteiger partial charge is 0.151 e. The molecule has 108 valence electrons. The van der Waals surface area contributed by atoms with Crippen LogP contribution in [0.25, 0.3) is 0 Å². The van der Waals surface area contributed by atoms with Gasteiger partial charge in [-0.25, -0.2) is 8.42 Å². The largest absolute Gasteiger partial charge is 0.508 e. The van der Waals surface area contributed by atoms with Crippen LogP contribution in [0.15, 0.2) is 18.2 Å². The summed E-state index contributed by atoms with van der Waals surface area (Å²) < 4.78 is 22.5. The molecule has 1 aromatic rings. The molecule has 0 spiro atoms. The van der Waals surface area contributed by atoms with Gasteiger partial charge in [0.1, 0.15) is 5.75 Å². The number of phenolic OH excluding ortho intramolecular Hbond substituents is 1. The Balaban J connectivity index is 2.89. The number of sulfone groups is 1. The van der Waals surface area contributed by atoms with Crippen LogP contribution in [0.1, 0.15) is 31.1 Å². The fourth-order valence-corrected chi connectivity index (χ4v) is 2.47. The Bertz CT molecular complexity index is 525. The molecule has 5 nitrogen and oxygen atoms in total. The second-order valence-electron chi connectivity index (χ2n) is 5.04. The molecule has 1 atom stereocenters. The molecule has 0 aliphatic rings. The van der Waals surface area contributed by atoms with E-state index in [1.807, 2.05) is 13.8 Å². The van der Waals surface area contributed by atoms with Gasteiger partial charge in [0.25, 0.3) is 0 Å². The van der Waals surface area contributed by atoms with Crippen molar-refractivity contribution in [3.63, 3.8) is 0 Å². The fourth-order valence-electron chi connectivity index (χ4n) is 1.68. The van der Waals surface area contributed by atoms with Gasteiger partial charge in [0.2, 0.25) is 0 Å². The third-order valence-electron chi connectivity index (χ3n) is 2.63. The molecule has 0 amide bonds. The average molecular weight is 287 g/mol. The number of phenols is 1. The first-order chi connectivity index (χ1) is 8.69. The highest BCUT2D eigenvalue weighted by atomic mass is 32.2. The normalized spacial score (nSPS) is 13.7. The van der Waals surface area contributed by atoms with Gasteiger partial charge in [0, 0.05) is 24.4 Å². The number of nitrogens with one attached hydrogen (secondary N) is 1. The average Bonchev–Trinajstić information content (AvgIpc) is 2.27. The van der Waals surface area contributed by atoms with Gasteiger partial charge in [-0.3, -0.25) is 0 Å². The van der Waals surface area contributed by atoms with Crippen molar-refractivity contribution in [1.82, 2.24) is 5.32 Å². The van der Waals surface area contributed by atoms with Crippen LogP contribution in [0.5, 0.6) is 5.75 Å². The van der Waals surface area contributed by atoms with E-state index < -0.39 is 15.9 Å². The summed E-state index contributed by atoms with van der Waals surface area (Å²) in [6, 6.07) is 4.79. The SMILES string of the molecule is CC(C)NCC(O)c1ccc(O)c(CS(C)(=O)=O)c1. The number of aliphatic hydroxyl groups excluding tert-OH is 1. The van der Waals surface area contributed by atoms with Crippen LogP contribution >= 0.6 is 0 Å². The van der Waals surface area contributed by atoms with Crippen LogP contribution in [0.3, 0.4) is 0 Å². The van der Waals surface area contributed by atoms with Crippen molar-refractivity contribution in [2.45, 2.75) is 31.7 Å². The standard InChI is InChI=1S/C13H21NO4S/c1-9(2)14-7-13(16)10-4-5-12(15)11(6-10)8-19(3,17)18/h4-6,9,13-16H,7-8H2,1-3H3. The molecule has 0 aliphatic heterocycles. The van der Waals surface area contributed by atoms with Crippen LogP contribution in [0.2, 0.25) is 0 Å². The van der Waals surface area contributed by atoms with Crippen molar-refractivity contribution in [2.75, 3.05) is 12.8 Å². The predicted octanol–water partition coefficient (Wildman–Crippen LogP) is 0.968. The molecule has 0 heterocycles. The summed E-state index contributed by atoms with van der Waals surface area (Å²) in [6.07, 6.45) is 0.372. The topological polar surface area (TPSA) is 86.6 Å². The summed E-state index contributed by atoms with van der Waals surface area (Å²) in [7, 11) is -3.23. The minimum Gasteiger partial charge on any atom is -0.508 e. The lowest BCUT2D eigenvalue weighted by molar-refractivity contribution is 0.171. The van der Waals surface area contributed by atoms with Crippen LogP contribution in [-0.2, 0) is 15.6 Å². The molecular weight excluding hydrogens is 266 g/mol. The van der Waals surface area contributed by atoms with E-state index in [4.69, 9.17) is 0 Å². The van der Waals surface area contributed by atoms with E-state index in [1.165, 1.54) is 12.1 Å². The Morgan fingerprint density at radius 2 is 1.95 bits per heavy atom. The zero-order chi connectivity index (χ0) is 14.6. The van der Waals surface area contributed by atoms with Gasteiger partial charge in [-0.05, 0) is 17.7 Å². The van der Waals surface area contributed by atoms with E-state index in [0.717, 1.165) is 6.26 Å². The first-order valence-corrected chi connectivity index (χ1v) is 8.16. The number of hydrogen-bond acceptors (Lipinski definition) is 5. The predicted molar refractivity (Wildman–Crippen MR) is 74.8 cm³/mol. The lowest BCUT2D eigenvalue weighted by atomic mass is 10.1. The summed E-state index contributed by atoms with van der Waals surface area (Å²) in [4.78, 5) is 0. The second kappa shape index (κ2) is 6.36. The Morgan fingerprint density at radius 1 is 1.32 bits per heavy atom. The van der Waals surface area contributed by atoms with E-state index in [1.54, 1.807) is 6.07 Å². The van der Waals surface area contributed by atoms with Gasteiger partial charge in [0.15, 0.2) is 9.84 Å². The minimum absolute atomic E-state index is 0.0711. The molecule has 0 fully saturated rings. The van der Waals surface area contributed by atoms with E-state index >= 15 is 0 Å². The van der Waals surface area contributed by atoms with Crippen molar-refractivity contribution >= 4 is 9.84 Å². The van der Waals surface area contributed by atoms with Crippen LogP contribution in [-0.4, -0.2) is 37.5 Å². The van der Waals surface area contributed by atoms with Gasteiger partial charge in [-0.1, -0.05) is 19.9 Å². The lowest BCUT2D eigenvalue weighted by Gasteiger charge is -2.15. The summed E-state index contributed by atoms with van der Waals surface area (Å²) >= 11 is 0. The monoisotopic (exact) mass is 287 g/mol. The summed E-state index contributed by atoms with van der Waals surface area (Å²) in [5.41, 5.74) is 0.896. The number of aliphatic hydroxyl groups is 1. The second-order valence-corrected chi connectivity index (χ2v) is 7.18.